The van der Waals surface area contributed by atoms with Crippen molar-refractivity contribution >= 4 is 17.7 Å². The Morgan fingerprint density at radius 2 is 2.25 bits per heavy atom. The van der Waals surface area contributed by atoms with Gasteiger partial charge in [-0.15, -0.1) is 0 Å². The zero-order valence-electron chi connectivity index (χ0n) is 14.0. The van der Waals surface area contributed by atoms with Gasteiger partial charge in [-0.25, -0.2) is 4.79 Å². The molecule has 0 radical (unpaired) electrons. The van der Waals surface area contributed by atoms with Crippen LogP contribution in [0.3, 0.4) is 0 Å². The monoisotopic (exact) mass is 346 g/mol. The van der Waals surface area contributed by atoms with Gasteiger partial charge in [0, 0.05) is 36.3 Å². The normalized spacial score (nSPS) is 23.8. The first-order valence-corrected chi connectivity index (χ1v) is 8.99. The third-order valence-corrected chi connectivity index (χ3v) is 4.91. The lowest BCUT2D eigenvalue weighted by Gasteiger charge is -2.46. The number of halogens is 1. The molecule has 1 aromatic carbocycles. The van der Waals surface area contributed by atoms with E-state index in [1.165, 1.54) is 0 Å². The first-order valence-electron chi connectivity index (χ1n) is 8.62. The topological polar surface area (TPSA) is 32.8 Å². The summed E-state index contributed by atoms with van der Waals surface area (Å²) in [4.78, 5) is 16.2. The Bertz CT molecular complexity index is 652. The lowest BCUT2D eigenvalue weighted by molar-refractivity contribution is 0.0223. The summed E-state index contributed by atoms with van der Waals surface area (Å²) in [5.41, 5.74) is 0.954. The highest BCUT2D eigenvalue weighted by Crippen LogP contribution is 2.26. The molecule has 2 heterocycles. The van der Waals surface area contributed by atoms with Crippen molar-refractivity contribution in [1.82, 2.24) is 9.80 Å². The molecule has 0 saturated carbocycles. The number of fused-ring (bicyclic) bond motifs is 1. The lowest BCUT2D eigenvalue weighted by Crippen LogP contribution is -2.59. The smallest absolute Gasteiger partial charge is 0.409 e. The molecule has 0 aromatic heterocycles. The van der Waals surface area contributed by atoms with Gasteiger partial charge in [-0.05, 0) is 44.4 Å². The minimum absolute atomic E-state index is 0.190. The maximum Gasteiger partial charge on any atom is 0.409 e. The summed E-state index contributed by atoms with van der Waals surface area (Å²) in [6.07, 6.45) is 3.16. The SMILES string of the molecule is CCOC(=O)N1CCN2[C@@H](CCC[C@@H]2C#Cc2cccc(Cl)c2)C1. The molecule has 2 aliphatic heterocycles. The van der Waals surface area contributed by atoms with Crippen LogP contribution in [0.1, 0.15) is 31.7 Å². The predicted molar refractivity (Wildman–Crippen MR) is 95.1 cm³/mol. The summed E-state index contributed by atoms with van der Waals surface area (Å²) in [7, 11) is 0. The standard InChI is InChI=1S/C19H23ClN2O2/c1-2-24-19(23)21-11-12-22-17(7-4-8-18(22)14-21)10-9-15-5-3-6-16(20)13-15/h3,5-6,13,17-18H,2,4,7-8,11-12,14H2,1H3/t17-,18+/m1/s1. The number of benzene rings is 1. The molecule has 2 aliphatic rings. The molecule has 128 valence electrons. The third kappa shape index (κ3) is 4.03. The van der Waals surface area contributed by atoms with E-state index in [9.17, 15) is 4.79 Å². The van der Waals surface area contributed by atoms with E-state index in [0.717, 1.165) is 37.9 Å². The van der Waals surface area contributed by atoms with Crippen LogP contribution in [0.2, 0.25) is 5.02 Å². The first kappa shape index (κ1) is 17.1. The molecule has 1 aromatic rings. The van der Waals surface area contributed by atoms with E-state index in [1.54, 1.807) is 0 Å². The molecular weight excluding hydrogens is 324 g/mol. The molecule has 3 rings (SSSR count). The number of piperidine rings is 1. The van der Waals surface area contributed by atoms with Crippen molar-refractivity contribution < 1.29 is 9.53 Å². The van der Waals surface area contributed by atoms with Crippen LogP contribution in [0.15, 0.2) is 24.3 Å². The van der Waals surface area contributed by atoms with Gasteiger partial charge in [0.25, 0.3) is 0 Å². The second-order valence-electron chi connectivity index (χ2n) is 6.26. The minimum atomic E-state index is -0.190. The van der Waals surface area contributed by atoms with Crippen molar-refractivity contribution in [2.24, 2.45) is 0 Å². The van der Waals surface area contributed by atoms with Gasteiger partial charge in [0.2, 0.25) is 0 Å². The van der Waals surface area contributed by atoms with E-state index in [4.69, 9.17) is 16.3 Å². The molecule has 0 spiro atoms. The highest BCUT2D eigenvalue weighted by molar-refractivity contribution is 6.30. The number of ether oxygens (including phenoxy) is 1. The van der Waals surface area contributed by atoms with Crippen LogP contribution >= 0.6 is 11.6 Å². The fraction of sp³-hybridized carbons (Fsp3) is 0.526. The van der Waals surface area contributed by atoms with E-state index < -0.39 is 0 Å². The highest BCUT2D eigenvalue weighted by atomic mass is 35.5. The molecule has 2 atom stereocenters. The first-order chi connectivity index (χ1) is 11.7. The summed E-state index contributed by atoms with van der Waals surface area (Å²) < 4.78 is 5.13. The van der Waals surface area contributed by atoms with Crippen molar-refractivity contribution in [2.45, 2.75) is 38.3 Å². The number of hydrogen-bond donors (Lipinski definition) is 0. The van der Waals surface area contributed by atoms with Crippen molar-refractivity contribution in [2.75, 3.05) is 26.2 Å². The van der Waals surface area contributed by atoms with Crippen molar-refractivity contribution in [3.63, 3.8) is 0 Å². The maximum absolute atomic E-state index is 11.9. The zero-order valence-corrected chi connectivity index (χ0v) is 14.8. The van der Waals surface area contributed by atoms with E-state index in [2.05, 4.69) is 16.7 Å². The molecule has 0 N–H and O–H groups in total. The average Bonchev–Trinajstić information content (AvgIpc) is 2.59. The largest absolute Gasteiger partial charge is 0.450 e. The second-order valence-corrected chi connectivity index (χ2v) is 6.70. The number of hydrogen-bond acceptors (Lipinski definition) is 3. The molecule has 2 fully saturated rings. The number of carbonyl (C=O) groups excluding carboxylic acids is 1. The Labute approximate surface area is 148 Å². The summed E-state index contributed by atoms with van der Waals surface area (Å²) in [5, 5.41) is 0.714. The van der Waals surface area contributed by atoms with Gasteiger partial charge < -0.3 is 9.64 Å². The van der Waals surface area contributed by atoms with Gasteiger partial charge in [-0.1, -0.05) is 29.5 Å². The molecule has 0 aliphatic carbocycles. The lowest BCUT2D eigenvalue weighted by atomic mass is 9.93. The maximum atomic E-state index is 11.9. The average molecular weight is 347 g/mol. The van der Waals surface area contributed by atoms with Gasteiger partial charge in [0.15, 0.2) is 0 Å². The molecule has 0 unspecified atom stereocenters. The number of piperazine rings is 1. The predicted octanol–water partition coefficient (Wildman–Crippen LogP) is 3.39. The Kier molecular flexibility index (Phi) is 5.65. The number of carbonyl (C=O) groups is 1. The van der Waals surface area contributed by atoms with Gasteiger partial charge in [0.1, 0.15) is 0 Å². The van der Waals surface area contributed by atoms with Crippen LogP contribution in [0.25, 0.3) is 0 Å². The van der Waals surface area contributed by atoms with Crippen LogP contribution in [-0.4, -0.2) is 54.2 Å². The van der Waals surface area contributed by atoms with Crippen LogP contribution in [-0.2, 0) is 4.74 Å². The van der Waals surface area contributed by atoms with Crippen LogP contribution in [0, 0.1) is 11.8 Å². The molecule has 2 saturated heterocycles. The van der Waals surface area contributed by atoms with Crippen molar-refractivity contribution in [3.05, 3.63) is 34.9 Å². The summed E-state index contributed by atoms with van der Waals surface area (Å²) in [5.74, 6) is 6.68. The number of rotatable bonds is 1. The number of amides is 1. The van der Waals surface area contributed by atoms with Gasteiger partial charge in [0.05, 0.1) is 12.6 Å². The Hall–Kier alpha value is -1.70. The van der Waals surface area contributed by atoms with E-state index in [-0.39, 0.29) is 12.1 Å². The van der Waals surface area contributed by atoms with E-state index >= 15 is 0 Å². The van der Waals surface area contributed by atoms with Crippen LogP contribution < -0.4 is 0 Å². The van der Waals surface area contributed by atoms with Gasteiger partial charge in [-0.3, -0.25) is 4.90 Å². The third-order valence-electron chi connectivity index (χ3n) is 4.68. The zero-order chi connectivity index (χ0) is 16.9. The minimum Gasteiger partial charge on any atom is -0.450 e. The fourth-order valence-corrected chi connectivity index (χ4v) is 3.71. The van der Waals surface area contributed by atoms with Gasteiger partial charge >= 0.3 is 6.09 Å². The van der Waals surface area contributed by atoms with Crippen LogP contribution in [0.5, 0.6) is 0 Å². The molecule has 4 nitrogen and oxygen atoms in total. The summed E-state index contributed by atoms with van der Waals surface area (Å²) >= 11 is 6.02. The summed E-state index contributed by atoms with van der Waals surface area (Å²) in [6, 6.07) is 8.31. The fourth-order valence-electron chi connectivity index (χ4n) is 3.52. The molecule has 24 heavy (non-hydrogen) atoms. The number of nitrogens with zero attached hydrogens (tertiary/aromatic N) is 2. The summed E-state index contributed by atoms with van der Waals surface area (Å²) in [6.45, 7) is 4.59. The Balaban J connectivity index is 1.66. The van der Waals surface area contributed by atoms with Gasteiger partial charge in [-0.2, -0.15) is 0 Å². The highest BCUT2D eigenvalue weighted by Gasteiger charge is 2.35. The Morgan fingerprint density at radius 1 is 1.38 bits per heavy atom. The Morgan fingerprint density at radius 3 is 3.04 bits per heavy atom. The molecular formula is C19H23ClN2O2. The van der Waals surface area contributed by atoms with Crippen molar-refractivity contribution in [1.29, 1.82) is 0 Å². The van der Waals surface area contributed by atoms with E-state index in [0.29, 0.717) is 24.2 Å². The van der Waals surface area contributed by atoms with E-state index in [1.807, 2.05) is 36.1 Å². The molecule has 5 heteroatoms. The molecule has 0 bridgehead atoms. The van der Waals surface area contributed by atoms with Crippen LogP contribution in [0.4, 0.5) is 4.79 Å². The van der Waals surface area contributed by atoms with Crippen molar-refractivity contribution in [3.8, 4) is 11.8 Å². The molecule has 1 amide bonds. The quantitative estimate of drug-likeness (QED) is 0.731. The second kappa shape index (κ2) is 7.92.